The Labute approximate surface area is 187 Å². The molecule has 0 spiro atoms. The lowest BCUT2D eigenvalue weighted by molar-refractivity contribution is -0.124. The Morgan fingerprint density at radius 3 is 2.55 bits per heavy atom. The first kappa shape index (κ1) is 21.6. The number of rotatable bonds is 8. The molecule has 1 saturated heterocycles. The van der Waals surface area contributed by atoms with E-state index in [0.29, 0.717) is 31.8 Å². The van der Waals surface area contributed by atoms with Crippen molar-refractivity contribution in [3.8, 4) is 5.75 Å². The molecule has 6 heteroatoms. The summed E-state index contributed by atoms with van der Waals surface area (Å²) in [7, 11) is 1.66. The molecule has 0 bridgehead atoms. The van der Waals surface area contributed by atoms with Crippen LogP contribution < -0.4 is 4.74 Å². The number of methoxy groups -OCH3 is 1. The van der Waals surface area contributed by atoms with Gasteiger partial charge in [0.1, 0.15) is 17.2 Å². The first-order valence-electron chi connectivity index (χ1n) is 11.1. The Balaban J connectivity index is 1.50. The first-order valence-corrected chi connectivity index (χ1v) is 12.0. The Bertz CT molecular complexity index is 1040. The van der Waals surface area contributed by atoms with Gasteiger partial charge in [0.15, 0.2) is 0 Å². The average molecular weight is 439 g/mol. The van der Waals surface area contributed by atoms with E-state index in [1.165, 1.54) is 0 Å². The fourth-order valence-electron chi connectivity index (χ4n) is 4.36. The van der Waals surface area contributed by atoms with Gasteiger partial charge in [0, 0.05) is 32.0 Å². The van der Waals surface area contributed by atoms with Crippen LogP contribution in [0.3, 0.4) is 0 Å². The number of unbranched alkanes of at least 4 members (excludes halogenated alkanes) is 1. The summed E-state index contributed by atoms with van der Waals surface area (Å²) in [6, 6.07) is 12.1. The molecular weight excluding hydrogens is 408 g/mol. The fourth-order valence-corrected chi connectivity index (χ4v) is 5.18. The lowest BCUT2D eigenvalue weighted by atomic mass is 9.90. The highest BCUT2D eigenvalue weighted by Gasteiger charge is 2.29. The Kier molecular flexibility index (Phi) is 6.76. The van der Waals surface area contributed by atoms with E-state index in [0.717, 1.165) is 52.9 Å². The first-order chi connectivity index (χ1) is 15.1. The molecule has 164 valence electrons. The highest BCUT2D eigenvalue weighted by molar-refractivity contribution is 7.17. The van der Waals surface area contributed by atoms with Gasteiger partial charge in [-0.25, -0.2) is 0 Å². The minimum absolute atomic E-state index is 0.0661. The monoisotopic (exact) mass is 438 g/mol. The zero-order valence-electron chi connectivity index (χ0n) is 18.3. The van der Waals surface area contributed by atoms with Crippen molar-refractivity contribution in [3.63, 3.8) is 0 Å². The predicted octanol–water partition coefficient (Wildman–Crippen LogP) is 5.37. The van der Waals surface area contributed by atoms with Crippen molar-refractivity contribution in [2.24, 2.45) is 5.92 Å². The highest BCUT2D eigenvalue weighted by Crippen LogP contribution is 2.29. The zero-order valence-corrected chi connectivity index (χ0v) is 19.1. The second kappa shape index (κ2) is 9.69. The van der Waals surface area contributed by atoms with Crippen molar-refractivity contribution in [1.29, 1.82) is 0 Å². The molecule has 1 amide bonds. The van der Waals surface area contributed by atoms with E-state index >= 15 is 0 Å². The topological polar surface area (TPSA) is 51.5 Å². The van der Waals surface area contributed by atoms with Crippen LogP contribution in [0.4, 0.5) is 0 Å². The summed E-state index contributed by atoms with van der Waals surface area (Å²) in [4.78, 5) is 27.7. The molecule has 0 N–H and O–H groups in total. The molecule has 1 aliphatic heterocycles. The van der Waals surface area contributed by atoms with E-state index in [-0.39, 0.29) is 11.8 Å². The number of nitrogens with zero attached hydrogens (tertiary/aromatic N) is 2. The van der Waals surface area contributed by atoms with Crippen molar-refractivity contribution in [2.45, 2.75) is 45.6 Å². The normalized spacial score (nSPS) is 14.8. The lowest BCUT2D eigenvalue weighted by Crippen LogP contribution is -2.41. The van der Waals surface area contributed by atoms with E-state index in [1.807, 2.05) is 35.2 Å². The molecular formula is C25H30N2O3S. The van der Waals surface area contributed by atoms with Gasteiger partial charge in [0.25, 0.3) is 5.91 Å². The summed E-state index contributed by atoms with van der Waals surface area (Å²) in [5.74, 6) is 1.38. The van der Waals surface area contributed by atoms with Gasteiger partial charge in [0.05, 0.1) is 17.3 Å². The zero-order chi connectivity index (χ0) is 21.8. The molecule has 1 aliphatic rings. The number of hydrogen-bond donors (Lipinski definition) is 0. The molecule has 3 heterocycles. The van der Waals surface area contributed by atoms with Gasteiger partial charge >= 0.3 is 0 Å². The Morgan fingerprint density at radius 1 is 1.13 bits per heavy atom. The second-order valence-corrected chi connectivity index (χ2v) is 9.22. The molecule has 0 unspecified atom stereocenters. The van der Waals surface area contributed by atoms with Gasteiger partial charge in [-0.3, -0.25) is 9.59 Å². The third kappa shape index (κ3) is 4.69. The number of amides is 1. The van der Waals surface area contributed by atoms with Crippen LogP contribution in [0.25, 0.3) is 10.2 Å². The standard InChI is InChI=1S/C25H30N2O3S/c1-3-4-5-23(28)19-10-13-26(14-11-19)25(29)22-16-24-21(12-15-31-24)27(22)17-18-6-8-20(30-2)9-7-18/h6-9,12,15-16,19H,3-5,10-11,13-14,17H2,1-2H3. The van der Waals surface area contributed by atoms with Gasteiger partial charge in [-0.15, -0.1) is 11.3 Å². The maximum atomic E-state index is 13.4. The summed E-state index contributed by atoms with van der Waals surface area (Å²) in [5.41, 5.74) is 2.95. The third-order valence-electron chi connectivity index (χ3n) is 6.26. The summed E-state index contributed by atoms with van der Waals surface area (Å²) < 4.78 is 8.51. The number of ether oxygens (including phenoxy) is 1. The van der Waals surface area contributed by atoms with Crippen LogP contribution in [0.15, 0.2) is 41.8 Å². The summed E-state index contributed by atoms with van der Waals surface area (Å²) in [5, 5.41) is 2.07. The van der Waals surface area contributed by atoms with Crippen molar-refractivity contribution < 1.29 is 14.3 Å². The van der Waals surface area contributed by atoms with Crippen LogP contribution in [0.5, 0.6) is 5.75 Å². The van der Waals surface area contributed by atoms with Gasteiger partial charge in [-0.1, -0.05) is 25.5 Å². The number of carbonyl (C=O) groups excluding carboxylic acids is 2. The van der Waals surface area contributed by atoms with Crippen molar-refractivity contribution in [3.05, 3.63) is 53.0 Å². The summed E-state index contributed by atoms with van der Waals surface area (Å²) in [6.07, 6.45) is 4.25. The highest BCUT2D eigenvalue weighted by atomic mass is 32.1. The number of likely N-dealkylation sites (tertiary alicyclic amines) is 1. The number of carbonyl (C=O) groups is 2. The maximum Gasteiger partial charge on any atom is 0.270 e. The molecule has 0 aliphatic carbocycles. The average Bonchev–Trinajstić information content (AvgIpc) is 3.40. The van der Waals surface area contributed by atoms with Gasteiger partial charge in [-0.05, 0) is 54.5 Å². The largest absolute Gasteiger partial charge is 0.497 e. The molecule has 31 heavy (non-hydrogen) atoms. The van der Waals surface area contributed by atoms with Crippen molar-refractivity contribution >= 4 is 33.2 Å². The molecule has 4 rings (SSSR count). The van der Waals surface area contributed by atoms with Crippen LogP contribution in [0, 0.1) is 5.92 Å². The number of ketones is 1. The molecule has 3 aromatic rings. The smallest absolute Gasteiger partial charge is 0.270 e. The van der Waals surface area contributed by atoms with E-state index in [2.05, 4.69) is 22.9 Å². The maximum absolute atomic E-state index is 13.4. The predicted molar refractivity (Wildman–Crippen MR) is 125 cm³/mol. The van der Waals surface area contributed by atoms with E-state index in [1.54, 1.807) is 18.4 Å². The van der Waals surface area contributed by atoms with Gasteiger partial charge in [-0.2, -0.15) is 0 Å². The molecule has 1 aromatic carbocycles. The van der Waals surface area contributed by atoms with Crippen LogP contribution in [0.2, 0.25) is 0 Å². The lowest BCUT2D eigenvalue weighted by Gasteiger charge is -2.31. The molecule has 5 nitrogen and oxygen atoms in total. The molecule has 2 aromatic heterocycles. The number of Topliss-reactive ketones (excluding diaryl/α,β-unsaturated/α-hetero) is 1. The summed E-state index contributed by atoms with van der Waals surface area (Å²) >= 11 is 1.66. The van der Waals surface area contributed by atoms with Crippen LogP contribution in [0.1, 0.15) is 55.1 Å². The number of piperidine rings is 1. The quantitative estimate of drug-likeness (QED) is 0.475. The third-order valence-corrected chi connectivity index (χ3v) is 7.11. The number of hydrogen-bond acceptors (Lipinski definition) is 4. The summed E-state index contributed by atoms with van der Waals surface area (Å²) in [6.45, 7) is 4.06. The number of aromatic nitrogens is 1. The number of fused-ring (bicyclic) bond motifs is 1. The van der Waals surface area contributed by atoms with Crippen LogP contribution in [-0.4, -0.2) is 41.4 Å². The fraction of sp³-hybridized carbons (Fsp3) is 0.440. The van der Waals surface area contributed by atoms with E-state index < -0.39 is 0 Å². The van der Waals surface area contributed by atoms with Crippen LogP contribution >= 0.6 is 11.3 Å². The van der Waals surface area contributed by atoms with E-state index in [4.69, 9.17) is 4.74 Å². The van der Waals surface area contributed by atoms with E-state index in [9.17, 15) is 9.59 Å². The second-order valence-electron chi connectivity index (χ2n) is 8.27. The van der Waals surface area contributed by atoms with Gasteiger partial charge < -0.3 is 14.2 Å². The molecule has 0 radical (unpaired) electrons. The van der Waals surface area contributed by atoms with Gasteiger partial charge in [0.2, 0.25) is 0 Å². The number of thiophene rings is 1. The van der Waals surface area contributed by atoms with Crippen LogP contribution in [-0.2, 0) is 11.3 Å². The Morgan fingerprint density at radius 2 is 1.87 bits per heavy atom. The van der Waals surface area contributed by atoms with Crippen molar-refractivity contribution in [2.75, 3.05) is 20.2 Å². The Hall–Kier alpha value is -2.60. The SMILES string of the molecule is CCCCC(=O)C1CCN(C(=O)c2cc3sccc3n2Cc2ccc(OC)cc2)CC1. The number of benzene rings is 1. The molecule has 1 fully saturated rings. The van der Waals surface area contributed by atoms with Crippen molar-refractivity contribution in [1.82, 2.24) is 9.47 Å². The minimum Gasteiger partial charge on any atom is -0.497 e. The minimum atomic E-state index is 0.0661. The molecule has 0 atom stereocenters. The molecule has 0 saturated carbocycles.